The van der Waals surface area contributed by atoms with Crippen LogP contribution in [-0.4, -0.2) is 56.3 Å². The third kappa shape index (κ3) is 8.32. The molecule has 1 rings (SSSR count). The fourth-order valence-electron chi connectivity index (χ4n) is 2.41. The highest BCUT2D eigenvalue weighted by Crippen LogP contribution is 2.13. The molecule has 1 aromatic rings. The third-order valence-corrected chi connectivity index (χ3v) is 4.11. The maximum Gasteiger partial charge on any atom is 0.303 e. The van der Waals surface area contributed by atoms with Gasteiger partial charge in [0.15, 0.2) is 0 Å². The average molecular weight is 392 g/mol. The molecule has 0 saturated carbocycles. The normalized spacial score (nSPS) is 12.6. The predicted molar refractivity (Wildman–Crippen MR) is 104 cm³/mol. The van der Waals surface area contributed by atoms with Crippen molar-refractivity contribution in [2.45, 2.75) is 25.3 Å². The highest BCUT2D eigenvalue weighted by Gasteiger charge is 2.23. The minimum atomic E-state index is -0.901. The van der Waals surface area contributed by atoms with E-state index in [1.807, 2.05) is 12.1 Å². The number of nitrogens with one attached hydrogen (secondary N) is 2. The number of likely N-dealkylation sites (N-methyl/N-ethyl adjacent to an activating group) is 1. The lowest BCUT2D eigenvalue weighted by Crippen LogP contribution is -2.48. The van der Waals surface area contributed by atoms with E-state index >= 15 is 0 Å². The molecule has 0 aliphatic carbocycles. The van der Waals surface area contributed by atoms with Gasteiger partial charge in [-0.15, -0.1) is 6.58 Å². The number of hydrogen-bond acceptors (Lipinski definition) is 6. The maximum absolute atomic E-state index is 12.4. The van der Waals surface area contributed by atoms with Gasteiger partial charge >= 0.3 is 5.97 Å². The van der Waals surface area contributed by atoms with Crippen LogP contribution in [0, 0.1) is 5.92 Å². The molecule has 0 bridgehead atoms. The van der Waals surface area contributed by atoms with Gasteiger partial charge in [0.1, 0.15) is 5.75 Å². The zero-order valence-corrected chi connectivity index (χ0v) is 16.3. The Morgan fingerprint density at radius 1 is 1.21 bits per heavy atom. The van der Waals surface area contributed by atoms with E-state index in [1.54, 1.807) is 26.3 Å². The molecule has 0 saturated heterocycles. The molecule has 3 N–H and O–H groups in total. The zero-order chi connectivity index (χ0) is 20.9. The molecule has 2 amide bonds. The van der Waals surface area contributed by atoms with E-state index in [-0.39, 0.29) is 19.6 Å². The fourth-order valence-corrected chi connectivity index (χ4v) is 2.41. The molecule has 0 aliphatic rings. The second kappa shape index (κ2) is 12.6. The topological polar surface area (TPSA) is 114 Å². The molecule has 0 heterocycles. The number of amides is 2. The number of carboxylic acid groups (broad SMARTS) is 1. The quantitative estimate of drug-likeness (QED) is 0.341. The second-order valence-electron chi connectivity index (χ2n) is 6.16. The number of rotatable bonds is 13. The van der Waals surface area contributed by atoms with E-state index in [2.05, 4.69) is 17.2 Å². The van der Waals surface area contributed by atoms with Crippen molar-refractivity contribution in [3.05, 3.63) is 42.5 Å². The highest BCUT2D eigenvalue weighted by molar-refractivity contribution is 5.99. The van der Waals surface area contributed by atoms with E-state index in [0.717, 1.165) is 11.3 Å². The molecule has 2 atom stereocenters. The fraction of sp³-hybridized carbons (Fsp3) is 0.450. The first-order valence-corrected chi connectivity index (χ1v) is 8.98. The van der Waals surface area contributed by atoms with Crippen LogP contribution in [0.1, 0.15) is 18.4 Å². The molecule has 8 nitrogen and oxygen atoms in total. The van der Waals surface area contributed by atoms with E-state index in [0.29, 0.717) is 12.8 Å². The van der Waals surface area contributed by atoms with Gasteiger partial charge in [-0.3, -0.25) is 19.7 Å². The Labute approximate surface area is 164 Å². The number of methoxy groups -OCH3 is 1. The monoisotopic (exact) mass is 392 g/mol. The average Bonchev–Trinajstić information content (AvgIpc) is 2.68. The van der Waals surface area contributed by atoms with Gasteiger partial charge < -0.3 is 19.9 Å². The summed E-state index contributed by atoms with van der Waals surface area (Å²) in [7, 11) is 3.23. The van der Waals surface area contributed by atoms with Crippen LogP contribution in [0.15, 0.2) is 36.9 Å². The molecule has 0 aliphatic heterocycles. The lowest BCUT2D eigenvalue weighted by Gasteiger charge is -2.18. The van der Waals surface area contributed by atoms with Gasteiger partial charge in [0.2, 0.25) is 11.8 Å². The first-order valence-electron chi connectivity index (χ1n) is 8.98. The largest absolute Gasteiger partial charge is 0.497 e. The summed E-state index contributed by atoms with van der Waals surface area (Å²) in [6, 6.07) is 6.74. The number of carboxylic acids is 1. The Bertz CT molecular complexity index is 659. The molecule has 0 radical (unpaired) electrons. The number of hydrogen-bond donors (Lipinski definition) is 3. The molecule has 0 fully saturated rings. The maximum atomic E-state index is 12.4. The molecular weight excluding hydrogens is 364 g/mol. The molecule has 28 heavy (non-hydrogen) atoms. The Kier molecular flexibility index (Phi) is 10.5. The summed E-state index contributed by atoms with van der Waals surface area (Å²) in [4.78, 5) is 35.2. The van der Waals surface area contributed by atoms with Crippen molar-refractivity contribution < 1.29 is 29.0 Å². The zero-order valence-electron chi connectivity index (χ0n) is 16.3. The van der Waals surface area contributed by atoms with Gasteiger partial charge in [-0.2, -0.15) is 0 Å². The number of carbonyl (C=O) groups is 3. The van der Waals surface area contributed by atoms with Gasteiger partial charge in [0.05, 0.1) is 25.7 Å². The van der Waals surface area contributed by atoms with Crippen LogP contribution < -0.4 is 15.4 Å². The van der Waals surface area contributed by atoms with Gasteiger partial charge in [-0.05, 0) is 37.6 Å². The molecule has 1 aromatic carbocycles. The summed E-state index contributed by atoms with van der Waals surface area (Å²) in [6.45, 7) is 3.84. The van der Waals surface area contributed by atoms with Crippen molar-refractivity contribution in [2.75, 3.05) is 27.4 Å². The Morgan fingerprint density at radius 3 is 2.43 bits per heavy atom. The van der Waals surface area contributed by atoms with Crippen molar-refractivity contribution in [1.82, 2.24) is 10.6 Å². The molecule has 8 heteroatoms. The van der Waals surface area contributed by atoms with E-state index < -0.39 is 29.7 Å². The van der Waals surface area contributed by atoms with Crippen LogP contribution >= 0.6 is 0 Å². The molecule has 1 unspecified atom stereocenters. The summed E-state index contributed by atoms with van der Waals surface area (Å²) >= 11 is 0. The predicted octanol–water partition coefficient (Wildman–Crippen LogP) is 1.15. The van der Waals surface area contributed by atoms with Crippen molar-refractivity contribution in [3.8, 4) is 5.75 Å². The van der Waals surface area contributed by atoms with E-state index in [1.165, 1.54) is 6.08 Å². The number of carbonyl (C=O) groups excluding carboxylic acids is 2. The molecule has 0 aromatic heterocycles. The smallest absolute Gasteiger partial charge is 0.303 e. The van der Waals surface area contributed by atoms with Crippen molar-refractivity contribution in [2.24, 2.45) is 5.92 Å². The number of benzene rings is 1. The van der Waals surface area contributed by atoms with Crippen LogP contribution in [0.4, 0.5) is 0 Å². The molecule has 0 spiro atoms. The summed E-state index contributed by atoms with van der Waals surface area (Å²) in [5.41, 5.74) is 0.921. The van der Waals surface area contributed by atoms with Gasteiger partial charge in [-0.25, -0.2) is 0 Å². The minimum Gasteiger partial charge on any atom is -0.497 e. The summed E-state index contributed by atoms with van der Waals surface area (Å²) in [5, 5.41) is 13.9. The number of imide groups is 1. The minimum absolute atomic E-state index is 0.00134. The lowest BCUT2D eigenvalue weighted by atomic mass is 10.0. The van der Waals surface area contributed by atoms with Crippen LogP contribution in [0.5, 0.6) is 5.75 Å². The van der Waals surface area contributed by atoms with Crippen LogP contribution in [0.3, 0.4) is 0 Å². The number of aliphatic carboxylic acids is 1. The van der Waals surface area contributed by atoms with Gasteiger partial charge in [0, 0.05) is 13.0 Å². The Balaban J connectivity index is 2.52. The van der Waals surface area contributed by atoms with Crippen molar-refractivity contribution in [3.63, 3.8) is 0 Å². The number of ether oxygens (including phenoxy) is 2. The second-order valence-corrected chi connectivity index (χ2v) is 6.16. The molecule has 154 valence electrons. The summed E-state index contributed by atoms with van der Waals surface area (Å²) < 4.78 is 10.4. The standard InChI is InChI=1S/C20H28N2O6/c1-4-15(13-28-11-5-6-18(23)24)19(25)22-20(26)17(21-2)12-14-7-9-16(27-3)10-8-14/h4,7-10,15,17,21H,1,5-6,11-13H2,2-3H3,(H,23,24)(H,22,25,26)/t15?,17-/m0/s1. The van der Waals surface area contributed by atoms with Crippen LogP contribution in [-0.2, 0) is 25.5 Å². The Morgan fingerprint density at radius 2 is 1.89 bits per heavy atom. The first kappa shape index (κ1) is 23.3. The van der Waals surface area contributed by atoms with Gasteiger partial charge in [-0.1, -0.05) is 18.2 Å². The van der Waals surface area contributed by atoms with Crippen molar-refractivity contribution >= 4 is 17.8 Å². The van der Waals surface area contributed by atoms with Crippen molar-refractivity contribution in [1.29, 1.82) is 0 Å². The Hall–Kier alpha value is -2.71. The highest BCUT2D eigenvalue weighted by atomic mass is 16.5. The molecular formula is C20H28N2O6. The van der Waals surface area contributed by atoms with Gasteiger partial charge in [0.25, 0.3) is 0 Å². The van der Waals surface area contributed by atoms with E-state index in [9.17, 15) is 14.4 Å². The SMILES string of the molecule is C=CC(COCCCC(=O)O)C(=O)NC(=O)[C@H](Cc1ccc(OC)cc1)NC. The van der Waals surface area contributed by atoms with E-state index in [4.69, 9.17) is 14.6 Å². The summed E-state index contributed by atoms with van der Waals surface area (Å²) in [6.07, 6.45) is 2.16. The van der Waals surface area contributed by atoms with Crippen LogP contribution in [0.2, 0.25) is 0 Å². The lowest BCUT2D eigenvalue weighted by molar-refractivity contribution is -0.138. The van der Waals surface area contributed by atoms with Crippen LogP contribution in [0.25, 0.3) is 0 Å². The third-order valence-electron chi connectivity index (χ3n) is 4.11. The summed E-state index contributed by atoms with van der Waals surface area (Å²) in [5.74, 6) is -1.83. The first-order chi connectivity index (χ1) is 13.4.